The Labute approximate surface area is 274 Å². The number of aryl methyl sites for hydroxylation is 1. The van der Waals surface area contributed by atoms with Gasteiger partial charge in [-0.05, 0) is 44.1 Å². The van der Waals surface area contributed by atoms with Crippen molar-refractivity contribution in [3.05, 3.63) is 39.6 Å². The summed E-state index contributed by atoms with van der Waals surface area (Å²) in [5.41, 5.74) is 12.7. The number of anilines is 2. The van der Waals surface area contributed by atoms with Gasteiger partial charge in [-0.1, -0.05) is 28.1 Å². The van der Waals surface area contributed by atoms with Gasteiger partial charge < -0.3 is 41.9 Å². The van der Waals surface area contributed by atoms with Gasteiger partial charge >= 0.3 is 17.6 Å². The van der Waals surface area contributed by atoms with Crippen molar-refractivity contribution in [1.29, 1.82) is 0 Å². The minimum Gasteiger partial charge on any atom is -0.543 e. The number of aromatic nitrogens is 4. The average molecular weight is 693 g/mol. The first kappa shape index (κ1) is 32.9. The summed E-state index contributed by atoms with van der Waals surface area (Å²) in [7, 11) is 1.86. The lowest BCUT2D eigenvalue weighted by atomic mass is 10.0. The summed E-state index contributed by atoms with van der Waals surface area (Å²) in [4.78, 5) is 64.7. The lowest BCUT2D eigenvalue weighted by molar-refractivity contribution is -0.664. The number of thioether (sulfide) groups is 1. The highest BCUT2D eigenvalue weighted by molar-refractivity contribution is 8.00. The number of amides is 2. The van der Waals surface area contributed by atoms with Crippen LogP contribution in [0, 0.1) is 0 Å². The van der Waals surface area contributed by atoms with Crippen LogP contribution in [0.1, 0.15) is 19.0 Å². The van der Waals surface area contributed by atoms with Crippen molar-refractivity contribution in [2.45, 2.75) is 44.0 Å². The Hall–Kier alpha value is -4.46. The maximum Gasteiger partial charge on any atom is 0.351 e. The molecule has 2 aliphatic heterocycles. The number of halogens is 1. The molecular formula is C26H29ClN10O7S2. The van der Waals surface area contributed by atoms with Crippen molar-refractivity contribution >= 4 is 86.4 Å². The smallest absolute Gasteiger partial charge is 0.351 e. The molecule has 1 saturated heterocycles. The van der Waals surface area contributed by atoms with Crippen LogP contribution in [0.3, 0.4) is 0 Å². The van der Waals surface area contributed by atoms with Crippen LogP contribution < -0.4 is 31.8 Å². The lowest BCUT2D eigenvalue weighted by Crippen LogP contribution is -2.71. The Kier molecular flexibility index (Phi) is 9.66. The molecule has 0 spiro atoms. The molecule has 0 aliphatic carbocycles. The first-order valence-corrected chi connectivity index (χ1v) is 16.0. The van der Waals surface area contributed by atoms with Gasteiger partial charge in [-0.15, -0.1) is 11.8 Å². The maximum atomic E-state index is 13.3. The number of fused-ring (bicyclic) bond motifs is 2. The number of hydrogen-bond donors (Lipinski definition) is 5. The zero-order valence-electron chi connectivity index (χ0n) is 24.4. The van der Waals surface area contributed by atoms with E-state index in [9.17, 15) is 24.3 Å². The van der Waals surface area contributed by atoms with Crippen molar-refractivity contribution in [1.82, 2.24) is 30.1 Å². The quantitative estimate of drug-likeness (QED) is 0.0451. The number of aliphatic carboxylic acids is 2. The summed E-state index contributed by atoms with van der Waals surface area (Å²) in [6, 6.07) is 2.52. The Morgan fingerprint density at radius 2 is 2.11 bits per heavy atom. The third-order valence-electron chi connectivity index (χ3n) is 7.20. The molecule has 0 aromatic carbocycles. The molecule has 17 nitrogen and oxygen atoms in total. The van der Waals surface area contributed by atoms with E-state index in [4.69, 9.17) is 33.0 Å². The van der Waals surface area contributed by atoms with Crippen LogP contribution in [0.4, 0.5) is 11.1 Å². The highest BCUT2D eigenvalue weighted by Gasteiger charge is 2.53. The van der Waals surface area contributed by atoms with Gasteiger partial charge in [0.15, 0.2) is 10.8 Å². The average Bonchev–Trinajstić information content (AvgIpc) is 3.52. The second kappa shape index (κ2) is 13.5. The van der Waals surface area contributed by atoms with E-state index in [1.807, 2.05) is 17.7 Å². The second-order valence-electron chi connectivity index (χ2n) is 10.2. The molecule has 7 N–H and O–H groups in total. The van der Waals surface area contributed by atoms with Gasteiger partial charge in [0.2, 0.25) is 6.10 Å². The van der Waals surface area contributed by atoms with E-state index in [0.29, 0.717) is 23.7 Å². The number of carboxylic acids is 2. The summed E-state index contributed by atoms with van der Waals surface area (Å²) in [6.07, 6.45) is 1.14. The highest BCUT2D eigenvalue weighted by Crippen LogP contribution is 2.40. The van der Waals surface area contributed by atoms with Crippen LogP contribution in [0.2, 0.25) is 4.34 Å². The summed E-state index contributed by atoms with van der Waals surface area (Å²) in [6.45, 7) is 2.71. The van der Waals surface area contributed by atoms with Gasteiger partial charge in [0.1, 0.15) is 33.5 Å². The predicted octanol–water partition coefficient (Wildman–Crippen LogP) is -1.49. The van der Waals surface area contributed by atoms with Crippen molar-refractivity contribution < 1.29 is 38.8 Å². The Morgan fingerprint density at radius 3 is 2.76 bits per heavy atom. The van der Waals surface area contributed by atoms with E-state index < -0.39 is 47.0 Å². The first-order chi connectivity index (χ1) is 21.9. The molecule has 3 atom stereocenters. The van der Waals surface area contributed by atoms with E-state index in [-0.39, 0.29) is 33.2 Å². The van der Waals surface area contributed by atoms with Crippen LogP contribution in [0.5, 0.6) is 0 Å². The number of nitrogens with one attached hydrogen (secondary N) is 2. The van der Waals surface area contributed by atoms with Gasteiger partial charge in [-0.25, -0.2) is 14.3 Å². The summed E-state index contributed by atoms with van der Waals surface area (Å²) >= 11 is 8.26. The fraction of sp³-hybridized carbons (Fsp3) is 0.385. The third-order valence-corrected chi connectivity index (χ3v) is 9.62. The summed E-state index contributed by atoms with van der Waals surface area (Å²) < 4.78 is 3.62. The number of oxime groups is 1. The van der Waals surface area contributed by atoms with E-state index >= 15 is 0 Å². The van der Waals surface area contributed by atoms with Crippen LogP contribution in [0.25, 0.3) is 11.2 Å². The van der Waals surface area contributed by atoms with Crippen molar-refractivity contribution in [3.8, 4) is 0 Å². The molecule has 0 bridgehead atoms. The topological polar surface area (TPSA) is 247 Å². The van der Waals surface area contributed by atoms with Gasteiger partial charge in [0.05, 0.1) is 17.9 Å². The number of nitrogens with zero attached hydrogens (tertiary/aromatic N) is 6. The van der Waals surface area contributed by atoms with Crippen LogP contribution in [0.15, 0.2) is 34.8 Å². The lowest BCUT2D eigenvalue weighted by Gasteiger charge is -2.50. The second-order valence-corrected chi connectivity index (χ2v) is 13.0. The number of carbonyl (C=O) groups is 4. The number of β-lactam (4-membered cyclic amide) rings is 1. The van der Waals surface area contributed by atoms with Crippen LogP contribution in [-0.2, 0) is 37.1 Å². The zero-order chi connectivity index (χ0) is 33.3. The van der Waals surface area contributed by atoms with Gasteiger partial charge in [-0.3, -0.25) is 19.1 Å². The molecule has 1 unspecified atom stereocenters. The summed E-state index contributed by atoms with van der Waals surface area (Å²) in [5, 5.41) is 30.0. The Balaban J connectivity index is 1.38. The number of imidazole rings is 1. The van der Waals surface area contributed by atoms with Crippen molar-refractivity contribution in [2.75, 3.05) is 30.8 Å². The molecule has 3 aromatic heterocycles. The molecule has 2 aliphatic rings. The fourth-order valence-corrected chi connectivity index (χ4v) is 7.24. The fourth-order valence-electron chi connectivity index (χ4n) is 4.97. The number of nitrogen functional groups attached to an aromatic ring is 2. The number of carbonyl (C=O) groups excluding carboxylic acids is 3. The molecule has 0 saturated carbocycles. The third kappa shape index (κ3) is 6.30. The van der Waals surface area contributed by atoms with Gasteiger partial charge in [0.25, 0.3) is 11.8 Å². The molecule has 20 heteroatoms. The molecular weight excluding hydrogens is 664 g/mol. The minimum atomic E-state index is -1.55. The van der Waals surface area contributed by atoms with Crippen molar-refractivity contribution in [2.24, 2.45) is 5.16 Å². The zero-order valence-corrected chi connectivity index (χ0v) is 26.8. The van der Waals surface area contributed by atoms with Gasteiger partial charge in [-0.2, -0.15) is 0 Å². The molecule has 244 valence electrons. The largest absolute Gasteiger partial charge is 0.543 e. The standard InChI is InChI=1S/C26H29ClN10O7S2/c1-11(23(40)41)44-34-15(14-18(27)46-26(29)32-14)20(38)31-16-21(39)37-17(24(42)43)12(10-45-22(16)37)9-35-7-3-5-13-19(35)33-25(28)36(13)8-4-6-30-2/h3,5,7,11,16,22,28,30H,4,6,8-10H2,1-2H3,(H5,29,31,32,38,40,41,42,43)/b34-15-/t11-,16?,22+/m0/s1. The van der Waals surface area contributed by atoms with E-state index in [0.717, 1.165) is 34.7 Å². The Morgan fingerprint density at radius 1 is 1.35 bits per heavy atom. The summed E-state index contributed by atoms with van der Waals surface area (Å²) in [5.74, 6) is -4.04. The number of rotatable bonds is 13. The van der Waals surface area contributed by atoms with Crippen molar-refractivity contribution in [3.63, 3.8) is 0 Å². The van der Waals surface area contributed by atoms with E-state index in [1.54, 1.807) is 16.8 Å². The number of pyridine rings is 1. The number of thiazole rings is 1. The molecule has 5 heterocycles. The van der Waals surface area contributed by atoms with Crippen LogP contribution >= 0.6 is 34.7 Å². The molecule has 5 rings (SSSR count). The monoisotopic (exact) mass is 692 g/mol. The number of hydrogen-bond acceptors (Lipinski definition) is 14. The predicted molar refractivity (Wildman–Crippen MR) is 166 cm³/mol. The molecule has 2 amide bonds. The SMILES string of the molecule is CNCCCn1c(N)nc2c1ccc[n+]2CC1=C(C(=O)[O-])N2C(=O)C(NC(=O)/C(=N\O[C@@H](C)C(=O)O)c3nc(N)sc3Cl)[C@H]2SC1. The number of nitrogens with two attached hydrogens (primary N) is 2. The maximum absolute atomic E-state index is 13.3. The minimum absolute atomic E-state index is 0.00795. The molecule has 3 aromatic rings. The van der Waals surface area contributed by atoms with Gasteiger partial charge in [0, 0.05) is 17.9 Å². The molecule has 1 fully saturated rings. The van der Waals surface area contributed by atoms with Crippen LogP contribution in [-0.4, -0.2) is 90.9 Å². The first-order valence-electron chi connectivity index (χ1n) is 13.8. The molecule has 0 radical (unpaired) electrons. The molecule has 46 heavy (non-hydrogen) atoms. The Bertz CT molecular complexity index is 1790. The highest BCUT2D eigenvalue weighted by atomic mass is 35.5. The number of carboxylic acid groups (broad SMARTS) is 2. The van der Waals surface area contributed by atoms with E-state index in [2.05, 4.69) is 25.8 Å². The normalized spacial score (nSPS) is 18.7. The van der Waals surface area contributed by atoms with E-state index in [1.165, 1.54) is 18.7 Å².